The molecule has 1 saturated heterocycles. The number of aryl methyl sites for hydroxylation is 1. The second-order valence-corrected chi connectivity index (χ2v) is 4.88. The van der Waals surface area contributed by atoms with Gasteiger partial charge in [-0.3, -0.25) is 9.48 Å². The Kier molecular flexibility index (Phi) is 3.47. The maximum absolute atomic E-state index is 11.0. The van der Waals surface area contributed by atoms with Gasteiger partial charge in [0.05, 0.1) is 5.92 Å². The summed E-state index contributed by atoms with van der Waals surface area (Å²) >= 11 is 0. The standard InChI is InChI=1S/C12H19N3O2/c1-9-7-15(8-11(9)12(16)17)6-4-10-3-5-13-14(10)2/h3,5,9,11H,4,6-8H2,1-2H3,(H,16,17). The van der Waals surface area contributed by atoms with Crippen molar-refractivity contribution in [3.8, 4) is 0 Å². The second-order valence-electron chi connectivity index (χ2n) is 4.88. The van der Waals surface area contributed by atoms with E-state index in [2.05, 4.69) is 10.00 Å². The molecule has 1 aliphatic heterocycles. The third-order valence-corrected chi connectivity index (χ3v) is 3.61. The fourth-order valence-corrected chi connectivity index (χ4v) is 2.49. The van der Waals surface area contributed by atoms with Gasteiger partial charge in [0.2, 0.25) is 0 Å². The minimum absolute atomic E-state index is 0.207. The van der Waals surface area contributed by atoms with Gasteiger partial charge in [-0.15, -0.1) is 0 Å². The average Bonchev–Trinajstić information content (AvgIpc) is 2.82. The van der Waals surface area contributed by atoms with E-state index in [1.54, 1.807) is 6.20 Å². The fourth-order valence-electron chi connectivity index (χ4n) is 2.49. The maximum atomic E-state index is 11.0. The van der Waals surface area contributed by atoms with Gasteiger partial charge in [0.1, 0.15) is 0 Å². The molecular weight excluding hydrogens is 218 g/mol. The van der Waals surface area contributed by atoms with E-state index in [9.17, 15) is 4.79 Å². The molecule has 1 aliphatic rings. The highest BCUT2D eigenvalue weighted by Crippen LogP contribution is 2.23. The van der Waals surface area contributed by atoms with Crippen LogP contribution in [0.3, 0.4) is 0 Å². The number of hydrogen-bond donors (Lipinski definition) is 1. The van der Waals surface area contributed by atoms with Crippen molar-refractivity contribution in [2.75, 3.05) is 19.6 Å². The molecule has 1 aromatic heterocycles. The predicted octanol–water partition coefficient (Wildman–Crippen LogP) is 0.615. The number of carbonyl (C=O) groups is 1. The van der Waals surface area contributed by atoms with Crippen LogP contribution < -0.4 is 0 Å². The number of nitrogens with zero attached hydrogens (tertiary/aromatic N) is 3. The lowest BCUT2D eigenvalue weighted by molar-refractivity contribution is -0.142. The zero-order valence-corrected chi connectivity index (χ0v) is 10.3. The van der Waals surface area contributed by atoms with Crippen LogP contribution in [0.1, 0.15) is 12.6 Å². The molecule has 0 bridgehead atoms. The molecule has 94 valence electrons. The van der Waals surface area contributed by atoms with Gasteiger partial charge < -0.3 is 10.0 Å². The Hall–Kier alpha value is -1.36. The van der Waals surface area contributed by atoms with Crippen molar-refractivity contribution < 1.29 is 9.90 Å². The largest absolute Gasteiger partial charge is 0.481 e. The predicted molar refractivity (Wildman–Crippen MR) is 63.6 cm³/mol. The van der Waals surface area contributed by atoms with E-state index in [1.807, 2.05) is 24.7 Å². The van der Waals surface area contributed by atoms with Crippen molar-refractivity contribution in [1.29, 1.82) is 0 Å². The van der Waals surface area contributed by atoms with E-state index < -0.39 is 5.97 Å². The third kappa shape index (κ3) is 2.66. The van der Waals surface area contributed by atoms with Crippen LogP contribution in [0, 0.1) is 11.8 Å². The van der Waals surface area contributed by atoms with Gasteiger partial charge in [0.15, 0.2) is 0 Å². The number of aliphatic carboxylic acids is 1. The Bertz CT molecular complexity index is 402. The Morgan fingerprint density at radius 3 is 2.88 bits per heavy atom. The van der Waals surface area contributed by atoms with E-state index in [0.29, 0.717) is 6.54 Å². The molecule has 5 heteroatoms. The quantitative estimate of drug-likeness (QED) is 0.834. The molecule has 1 N–H and O–H groups in total. The van der Waals surface area contributed by atoms with Crippen LogP contribution >= 0.6 is 0 Å². The zero-order valence-electron chi connectivity index (χ0n) is 10.3. The lowest BCUT2D eigenvalue weighted by Crippen LogP contribution is -2.25. The first-order valence-corrected chi connectivity index (χ1v) is 6.00. The number of carboxylic acids is 1. The molecule has 0 saturated carbocycles. The minimum Gasteiger partial charge on any atom is -0.481 e. The van der Waals surface area contributed by atoms with Gasteiger partial charge in [0.25, 0.3) is 0 Å². The molecule has 0 radical (unpaired) electrons. The van der Waals surface area contributed by atoms with E-state index in [4.69, 9.17) is 5.11 Å². The van der Waals surface area contributed by atoms with Gasteiger partial charge in [0, 0.05) is 45.0 Å². The molecular formula is C12H19N3O2. The Balaban J connectivity index is 1.86. The first-order chi connectivity index (χ1) is 8.08. The SMILES string of the molecule is CC1CN(CCc2ccnn2C)CC1C(=O)O. The fraction of sp³-hybridized carbons (Fsp3) is 0.667. The number of rotatable bonds is 4. The Morgan fingerprint density at radius 1 is 1.59 bits per heavy atom. The van der Waals surface area contributed by atoms with Crippen molar-refractivity contribution in [2.45, 2.75) is 13.3 Å². The van der Waals surface area contributed by atoms with Crippen LogP contribution in [0.2, 0.25) is 0 Å². The molecule has 1 aromatic rings. The molecule has 2 atom stereocenters. The van der Waals surface area contributed by atoms with Crippen LogP contribution in [0.4, 0.5) is 0 Å². The number of likely N-dealkylation sites (tertiary alicyclic amines) is 1. The molecule has 0 aliphatic carbocycles. The summed E-state index contributed by atoms with van der Waals surface area (Å²) < 4.78 is 1.87. The van der Waals surface area contributed by atoms with Crippen LogP contribution in [0.15, 0.2) is 12.3 Å². The molecule has 0 spiro atoms. The van der Waals surface area contributed by atoms with Crippen molar-refractivity contribution in [1.82, 2.24) is 14.7 Å². The summed E-state index contributed by atoms with van der Waals surface area (Å²) in [5.41, 5.74) is 1.19. The van der Waals surface area contributed by atoms with E-state index >= 15 is 0 Å². The van der Waals surface area contributed by atoms with Crippen LogP contribution in [0.25, 0.3) is 0 Å². The molecule has 0 amide bonds. The molecule has 2 rings (SSSR count). The smallest absolute Gasteiger partial charge is 0.308 e. The lowest BCUT2D eigenvalue weighted by Gasteiger charge is -2.14. The number of hydrogen-bond acceptors (Lipinski definition) is 3. The molecule has 5 nitrogen and oxygen atoms in total. The molecule has 2 heterocycles. The molecule has 1 fully saturated rings. The van der Waals surface area contributed by atoms with Crippen molar-refractivity contribution in [2.24, 2.45) is 18.9 Å². The number of carboxylic acid groups (broad SMARTS) is 1. The Labute approximate surface area is 101 Å². The Morgan fingerprint density at radius 2 is 2.35 bits per heavy atom. The lowest BCUT2D eigenvalue weighted by atomic mass is 9.99. The summed E-state index contributed by atoms with van der Waals surface area (Å²) in [5.74, 6) is -0.624. The highest BCUT2D eigenvalue weighted by atomic mass is 16.4. The monoisotopic (exact) mass is 237 g/mol. The summed E-state index contributed by atoms with van der Waals surface area (Å²) in [6.45, 7) is 4.49. The third-order valence-electron chi connectivity index (χ3n) is 3.61. The van der Waals surface area contributed by atoms with E-state index in [-0.39, 0.29) is 11.8 Å². The summed E-state index contributed by atoms with van der Waals surface area (Å²) in [4.78, 5) is 13.2. The first kappa shape index (κ1) is 12.1. The summed E-state index contributed by atoms with van der Waals surface area (Å²) in [6.07, 6.45) is 2.72. The minimum atomic E-state index is -0.666. The zero-order chi connectivity index (χ0) is 12.4. The van der Waals surface area contributed by atoms with Crippen molar-refractivity contribution in [3.05, 3.63) is 18.0 Å². The van der Waals surface area contributed by atoms with Crippen molar-refractivity contribution >= 4 is 5.97 Å². The van der Waals surface area contributed by atoms with Gasteiger partial charge in [-0.1, -0.05) is 6.92 Å². The molecule has 0 aromatic carbocycles. The van der Waals surface area contributed by atoms with Crippen LogP contribution in [0.5, 0.6) is 0 Å². The van der Waals surface area contributed by atoms with Gasteiger partial charge in [-0.2, -0.15) is 5.10 Å². The van der Waals surface area contributed by atoms with Gasteiger partial charge in [-0.25, -0.2) is 0 Å². The van der Waals surface area contributed by atoms with Gasteiger partial charge in [-0.05, 0) is 12.0 Å². The molecule has 2 unspecified atom stereocenters. The normalized spacial score (nSPS) is 25.3. The first-order valence-electron chi connectivity index (χ1n) is 6.00. The topological polar surface area (TPSA) is 58.4 Å². The maximum Gasteiger partial charge on any atom is 0.308 e. The summed E-state index contributed by atoms with van der Waals surface area (Å²) in [6, 6.07) is 2.01. The van der Waals surface area contributed by atoms with E-state index in [0.717, 1.165) is 19.5 Å². The highest BCUT2D eigenvalue weighted by molar-refractivity contribution is 5.71. The number of aromatic nitrogens is 2. The van der Waals surface area contributed by atoms with Crippen LogP contribution in [-0.2, 0) is 18.3 Å². The van der Waals surface area contributed by atoms with E-state index in [1.165, 1.54) is 5.69 Å². The second kappa shape index (κ2) is 4.87. The molecule has 17 heavy (non-hydrogen) atoms. The highest BCUT2D eigenvalue weighted by Gasteiger charge is 2.34. The summed E-state index contributed by atoms with van der Waals surface area (Å²) in [5, 5.41) is 13.2. The van der Waals surface area contributed by atoms with Gasteiger partial charge >= 0.3 is 5.97 Å². The van der Waals surface area contributed by atoms with Crippen molar-refractivity contribution in [3.63, 3.8) is 0 Å². The summed E-state index contributed by atoms with van der Waals surface area (Å²) in [7, 11) is 1.93. The average molecular weight is 237 g/mol. The van der Waals surface area contributed by atoms with Crippen LogP contribution in [-0.4, -0.2) is 45.4 Å².